The lowest BCUT2D eigenvalue weighted by Crippen LogP contribution is -2.28. The zero-order chi connectivity index (χ0) is 11.8. The molecule has 90 valence electrons. The third kappa shape index (κ3) is 1.72. The minimum atomic E-state index is -0.245. The third-order valence-electron chi connectivity index (χ3n) is 3.56. The van der Waals surface area contributed by atoms with E-state index in [4.69, 9.17) is 0 Å². The highest BCUT2D eigenvalue weighted by Gasteiger charge is 2.21. The van der Waals surface area contributed by atoms with E-state index in [1.807, 2.05) is 17.5 Å². The molecule has 0 spiro atoms. The SMILES string of the molecule is Cc1c(C2CCCNC2)nc2c(F)cccn12. The Hall–Kier alpha value is -1.42. The van der Waals surface area contributed by atoms with Crippen LogP contribution in [0.4, 0.5) is 4.39 Å². The minimum absolute atomic E-state index is 0.245. The molecule has 1 saturated heterocycles. The van der Waals surface area contributed by atoms with Crippen molar-refractivity contribution in [1.82, 2.24) is 14.7 Å². The average Bonchev–Trinajstić information content (AvgIpc) is 2.70. The smallest absolute Gasteiger partial charge is 0.173 e. The van der Waals surface area contributed by atoms with Gasteiger partial charge >= 0.3 is 0 Å². The number of pyridine rings is 1. The summed E-state index contributed by atoms with van der Waals surface area (Å²) in [5.41, 5.74) is 2.56. The Kier molecular flexibility index (Phi) is 2.59. The van der Waals surface area contributed by atoms with Crippen LogP contribution in [0.5, 0.6) is 0 Å². The number of rotatable bonds is 1. The molecule has 1 atom stereocenters. The van der Waals surface area contributed by atoms with Gasteiger partial charge in [0, 0.05) is 24.4 Å². The fraction of sp³-hybridized carbons (Fsp3) is 0.462. The fourth-order valence-electron chi connectivity index (χ4n) is 2.64. The average molecular weight is 233 g/mol. The van der Waals surface area contributed by atoms with Gasteiger partial charge < -0.3 is 9.72 Å². The molecule has 1 unspecified atom stereocenters. The summed E-state index contributed by atoms with van der Waals surface area (Å²) in [4.78, 5) is 4.48. The molecule has 0 aromatic carbocycles. The van der Waals surface area contributed by atoms with Gasteiger partial charge in [-0.1, -0.05) is 0 Å². The Bertz CT molecular complexity index is 541. The summed E-state index contributed by atoms with van der Waals surface area (Å²) in [5, 5.41) is 3.38. The highest BCUT2D eigenvalue weighted by Crippen LogP contribution is 2.26. The number of halogens is 1. The molecule has 0 amide bonds. The highest BCUT2D eigenvalue weighted by molar-refractivity contribution is 5.45. The molecule has 0 radical (unpaired) electrons. The van der Waals surface area contributed by atoms with E-state index in [1.54, 1.807) is 6.07 Å². The second-order valence-electron chi connectivity index (χ2n) is 4.68. The van der Waals surface area contributed by atoms with Crippen molar-refractivity contribution in [3.8, 4) is 0 Å². The van der Waals surface area contributed by atoms with E-state index < -0.39 is 0 Å². The summed E-state index contributed by atoms with van der Waals surface area (Å²) in [7, 11) is 0. The van der Waals surface area contributed by atoms with Gasteiger partial charge in [-0.05, 0) is 38.4 Å². The van der Waals surface area contributed by atoms with Gasteiger partial charge in [-0.15, -0.1) is 0 Å². The lowest BCUT2D eigenvalue weighted by Gasteiger charge is -2.21. The van der Waals surface area contributed by atoms with E-state index >= 15 is 0 Å². The molecule has 17 heavy (non-hydrogen) atoms. The molecular formula is C13H16FN3. The van der Waals surface area contributed by atoms with E-state index in [0.29, 0.717) is 11.6 Å². The van der Waals surface area contributed by atoms with Crippen LogP contribution in [0.15, 0.2) is 18.3 Å². The first-order chi connectivity index (χ1) is 8.27. The molecule has 1 aliphatic rings. The Morgan fingerprint density at radius 3 is 3.12 bits per heavy atom. The molecule has 3 heterocycles. The summed E-state index contributed by atoms with van der Waals surface area (Å²) in [6, 6.07) is 3.19. The number of aromatic nitrogens is 2. The van der Waals surface area contributed by atoms with Crippen molar-refractivity contribution in [2.75, 3.05) is 13.1 Å². The van der Waals surface area contributed by atoms with E-state index in [1.165, 1.54) is 12.5 Å². The van der Waals surface area contributed by atoms with Gasteiger partial charge in [0.15, 0.2) is 11.5 Å². The van der Waals surface area contributed by atoms with Crippen LogP contribution in [0.1, 0.15) is 30.1 Å². The maximum atomic E-state index is 13.6. The molecule has 3 rings (SSSR count). The normalized spacial score (nSPS) is 20.9. The number of aryl methyl sites for hydroxylation is 1. The number of hydrogen-bond donors (Lipinski definition) is 1. The lowest BCUT2D eigenvalue weighted by atomic mass is 9.95. The molecule has 3 nitrogen and oxygen atoms in total. The van der Waals surface area contributed by atoms with Gasteiger partial charge in [0.1, 0.15) is 0 Å². The number of imidazole rings is 1. The van der Waals surface area contributed by atoms with E-state index in [2.05, 4.69) is 10.3 Å². The van der Waals surface area contributed by atoms with Gasteiger partial charge in [0.2, 0.25) is 0 Å². The zero-order valence-electron chi connectivity index (χ0n) is 9.91. The Morgan fingerprint density at radius 1 is 1.53 bits per heavy atom. The van der Waals surface area contributed by atoms with Crippen LogP contribution >= 0.6 is 0 Å². The van der Waals surface area contributed by atoms with Crippen LogP contribution in [-0.2, 0) is 0 Å². The van der Waals surface area contributed by atoms with Crippen molar-refractivity contribution < 1.29 is 4.39 Å². The Labute approximate surface area is 99.7 Å². The van der Waals surface area contributed by atoms with Gasteiger partial charge in [-0.2, -0.15) is 0 Å². The molecule has 1 N–H and O–H groups in total. The van der Waals surface area contributed by atoms with Gasteiger partial charge in [-0.3, -0.25) is 0 Å². The van der Waals surface area contributed by atoms with Crippen LogP contribution in [0, 0.1) is 12.7 Å². The molecule has 4 heteroatoms. The molecular weight excluding hydrogens is 217 g/mol. The standard InChI is InChI=1S/C13H16FN3/c1-9-12(10-4-2-6-15-8-10)16-13-11(14)5-3-7-17(9)13/h3,5,7,10,15H,2,4,6,8H2,1H3. The van der Waals surface area contributed by atoms with Crippen molar-refractivity contribution in [3.63, 3.8) is 0 Å². The number of nitrogens with zero attached hydrogens (tertiary/aromatic N) is 2. The van der Waals surface area contributed by atoms with E-state index in [0.717, 1.165) is 30.9 Å². The van der Waals surface area contributed by atoms with Crippen LogP contribution in [0.2, 0.25) is 0 Å². The zero-order valence-corrected chi connectivity index (χ0v) is 9.91. The number of hydrogen-bond acceptors (Lipinski definition) is 2. The molecule has 0 bridgehead atoms. The number of piperidine rings is 1. The van der Waals surface area contributed by atoms with Crippen molar-refractivity contribution >= 4 is 5.65 Å². The fourth-order valence-corrected chi connectivity index (χ4v) is 2.64. The van der Waals surface area contributed by atoms with Gasteiger partial charge in [0.05, 0.1) is 5.69 Å². The Morgan fingerprint density at radius 2 is 2.41 bits per heavy atom. The topological polar surface area (TPSA) is 29.3 Å². The van der Waals surface area contributed by atoms with Crippen LogP contribution in [0.25, 0.3) is 5.65 Å². The first kappa shape index (κ1) is 10.7. The van der Waals surface area contributed by atoms with Crippen LogP contribution < -0.4 is 5.32 Å². The molecule has 1 fully saturated rings. The molecule has 0 saturated carbocycles. The summed E-state index contributed by atoms with van der Waals surface area (Å²) in [6.07, 6.45) is 4.18. The highest BCUT2D eigenvalue weighted by atomic mass is 19.1. The first-order valence-electron chi connectivity index (χ1n) is 6.11. The van der Waals surface area contributed by atoms with Gasteiger partial charge in [-0.25, -0.2) is 9.37 Å². The summed E-state index contributed by atoms with van der Waals surface area (Å²) in [5.74, 6) is 0.175. The molecule has 1 aliphatic heterocycles. The monoisotopic (exact) mass is 233 g/mol. The second kappa shape index (κ2) is 4.11. The largest absolute Gasteiger partial charge is 0.316 e. The van der Waals surface area contributed by atoms with Gasteiger partial charge in [0.25, 0.3) is 0 Å². The lowest BCUT2D eigenvalue weighted by molar-refractivity contribution is 0.454. The number of fused-ring (bicyclic) bond motifs is 1. The van der Waals surface area contributed by atoms with Crippen molar-refractivity contribution in [3.05, 3.63) is 35.5 Å². The summed E-state index contributed by atoms with van der Waals surface area (Å²) >= 11 is 0. The minimum Gasteiger partial charge on any atom is -0.316 e. The van der Waals surface area contributed by atoms with Crippen LogP contribution in [-0.4, -0.2) is 22.5 Å². The van der Waals surface area contributed by atoms with E-state index in [9.17, 15) is 4.39 Å². The first-order valence-corrected chi connectivity index (χ1v) is 6.11. The van der Waals surface area contributed by atoms with E-state index in [-0.39, 0.29) is 5.82 Å². The summed E-state index contributed by atoms with van der Waals surface area (Å²) < 4.78 is 15.5. The summed E-state index contributed by atoms with van der Waals surface area (Å²) in [6.45, 7) is 4.05. The molecule has 2 aromatic heterocycles. The number of nitrogens with one attached hydrogen (secondary N) is 1. The molecule has 0 aliphatic carbocycles. The Balaban J connectivity index is 2.10. The van der Waals surface area contributed by atoms with Crippen molar-refractivity contribution in [2.24, 2.45) is 0 Å². The second-order valence-corrected chi connectivity index (χ2v) is 4.68. The predicted molar refractivity (Wildman–Crippen MR) is 64.7 cm³/mol. The van der Waals surface area contributed by atoms with Crippen molar-refractivity contribution in [2.45, 2.75) is 25.7 Å². The predicted octanol–water partition coefficient (Wildman–Crippen LogP) is 2.25. The third-order valence-corrected chi connectivity index (χ3v) is 3.56. The maximum Gasteiger partial charge on any atom is 0.173 e. The quantitative estimate of drug-likeness (QED) is 0.818. The maximum absolute atomic E-state index is 13.6. The van der Waals surface area contributed by atoms with Crippen LogP contribution in [0.3, 0.4) is 0 Å². The van der Waals surface area contributed by atoms with Crippen molar-refractivity contribution in [1.29, 1.82) is 0 Å². The molecule has 2 aromatic rings.